The Balaban J connectivity index is 1.67. The minimum Gasteiger partial charge on any atom is -0.449 e. The summed E-state index contributed by atoms with van der Waals surface area (Å²) >= 11 is 0. The Morgan fingerprint density at radius 3 is 2.84 bits per heavy atom. The van der Waals surface area contributed by atoms with E-state index in [9.17, 15) is 9.59 Å². The largest absolute Gasteiger partial charge is 0.449 e. The third-order valence-electron chi connectivity index (χ3n) is 3.58. The van der Waals surface area contributed by atoms with Crippen molar-refractivity contribution in [2.75, 3.05) is 5.32 Å². The van der Waals surface area contributed by atoms with Crippen LogP contribution in [0.3, 0.4) is 0 Å². The smallest absolute Gasteiger partial charge is 0.338 e. The lowest BCUT2D eigenvalue weighted by Crippen LogP contribution is -2.30. The molecule has 25 heavy (non-hydrogen) atoms. The van der Waals surface area contributed by atoms with Crippen LogP contribution in [-0.2, 0) is 16.1 Å². The number of esters is 1. The molecule has 0 radical (unpaired) electrons. The molecule has 130 valence electrons. The molecule has 2 aromatic heterocycles. The molecule has 0 aliphatic carbocycles. The molecule has 0 bridgehead atoms. The maximum absolute atomic E-state index is 12.2. The number of rotatable bonds is 5. The van der Waals surface area contributed by atoms with Crippen molar-refractivity contribution >= 4 is 28.7 Å². The fraction of sp³-hybridized carbons (Fsp3) is 0.312. The van der Waals surface area contributed by atoms with Crippen LogP contribution in [0, 0.1) is 6.92 Å². The van der Waals surface area contributed by atoms with Gasteiger partial charge in [0, 0.05) is 12.6 Å². The minimum atomic E-state index is -0.994. The molecule has 1 atom stereocenters. The first kappa shape index (κ1) is 16.6. The number of nitrogens with zero attached hydrogens (tertiary/aromatic N) is 4. The number of ether oxygens (including phenoxy) is 1. The standard InChI is InChI=1S/C16H17N5O4/c1-4-21-13-6-5-11(8-12(13)18-20-21)16(23)24-10(3)15(22)17-14-7-9(2)25-19-14/h5-8,10H,4H2,1-3H3,(H,17,19,22). The summed E-state index contributed by atoms with van der Waals surface area (Å²) in [6, 6.07) is 6.52. The average Bonchev–Trinajstić information content (AvgIpc) is 3.19. The van der Waals surface area contributed by atoms with Gasteiger partial charge in [0.15, 0.2) is 11.9 Å². The summed E-state index contributed by atoms with van der Waals surface area (Å²) in [6.45, 7) is 5.81. The fourth-order valence-electron chi connectivity index (χ4n) is 2.27. The first-order chi connectivity index (χ1) is 12.0. The molecule has 3 aromatic rings. The molecule has 0 saturated carbocycles. The normalized spacial score (nSPS) is 12.1. The number of amides is 1. The van der Waals surface area contributed by atoms with E-state index in [1.807, 2.05) is 6.92 Å². The van der Waals surface area contributed by atoms with Crippen molar-refractivity contribution in [2.45, 2.75) is 33.4 Å². The molecule has 1 aromatic carbocycles. The van der Waals surface area contributed by atoms with Gasteiger partial charge in [-0.1, -0.05) is 10.4 Å². The van der Waals surface area contributed by atoms with Crippen LogP contribution in [0.5, 0.6) is 0 Å². The zero-order valence-electron chi connectivity index (χ0n) is 14.0. The highest BCUT2D eigenvalue weighted by Gasteiger charge is 2.20. The molecule has 2 heterocycles. The van der Waals surface area contributed by atoms with E-state index in [0.29, 0.717) is 23.4 Å². The number of nitrogens with one attached hydrogen (secondary N) is 1. The molecule has 9 heteroatoms. The number of carbonyl (C=O) groups excluding carboxylic acids is 2. The molecule has 0 aliphatic heterocycles. The Kier molecular flexibility index (Phi) is 4.46. The Bertz CT molecular complexity index is 930. The molecule has 0 aliphatic rings. The summed E-state index contributed by atoms with van der Waals surface area (Å²) in [6.07, 6.45) is -0.994. The summed E-state index contributed by atoms with van der Waals surface area (Å²) in [7, 11) is 0. The molecule has 9 nitrogen and oxygen atoms in total. The van der Waals surface area contributed by atoms with Crippen molar-refractivity contribution in [2.24, 2.45) is 0 Å². The van der Waals surface area contributed by atoms with Gasteiger partial charge >= 0.3 is 5.97 Å². The van der Waals surface area contributed by atoms with Gasteiger partial charge in [-0.25, -0.2) is 9.48 Å². The quantitative estimate of drug-likeness (QED) is 0.704. The highest BCUT2D eigenvalue weighted by atomic mass is 16.5. The SMILES string of the molecule is CCn1nnc2cc(C(=O)OC(C)C(=O)Nc3cc(C)on3)ccc21. The second kappa shape index (κ2) is 6.71. The molecule has 1 unspecified atom stereocenters. The highest BCUT2D eigenvalue weighted by molar-refractivity contribution is 5.98. The number of aryl methyl sites for hydroxylation is 2. The van der Waals surface area contributed by atoms with E-state index in [-0.39, 0.29) is 5.82 Å². The van der Waals surface area contributed by atoms with Gasteiger partial charge in [0.25, 0.3) is 5.91 Å². The van der Waals surface area contributed by atoms with Gasteiger partial charge < -0.3 is 14.6 Å². The van der Waals surface area contributed by atoms with Gasteiger partial charge in [0.1, 0.15) is 11.3 Å². The predicted octanol–water partition coefficient (Wildman–Crippen LogP) is 1.93. The lowest BCUT2D eigenvalue weighted by Gasteiger charge is -2.12. The zero-order chi connectivity index (χ0) is 18.0. The Morgan fingerprint density at radius 1 is 1.36 bits per heavy atom. The van der Waals surface area contributed by atoms with E-state index in [1.165, 1.54) is 6.92 Å². The number of hydrogen-bond donors (Lipinski definition) is 1. The van der Waals surface area contributed by atoms with Crippen LogP contribution in [0.25, 0.3) is 11.0 Å². The van der Waals surface area contributed by atoms with Crippen molar-refractivity contribution in [1.82, 2.24) is 20.2 Å². The summed E-state index contributed by atoms with van der Waals surface area (Å²) in [5.74, 6) is -0.289. The minimum absolute atomic E-state index is 0.267. The second-order valence-corrected chi connectivity index (χ2v) is 5.47. The summed E-state index contributed by atoms with van der Waals surface area (Å²) in [4.78, 5) is 24.3. The van der Waals surface area contributed by atoms with Crippen molar-refractivity contribution < 1.29 is 18.8 Å². The van der Waals surface area contributed by atoms with Crippen LogP contribution in [0.2, 0.25) is 0 Å². The first-order valence-electron chi connectivity index (χ1n) is 7.76. The van der Waals surface area contributed by atoms with Crippen LogP contribution < -0.4 is 5.32 Å². The predicted molar refractivity (Wildman–Crippen MR) is 87.9 cm³/mol. The number of anilines is 1. The molecule has 0 fully saturated rings. The molecular formula is C16H17N5O4. The van der Waals surface area contributed by atoms with E-state index >= 15 is 0 Å². The number of hydrogen-bond acceptors (Lipinski definition) is 7. The van der Waals surface area contributed by atoms with Gasteiger partial charge in [-0.15, -0.1) is 5.10 Å². The Hall–Kier alpha value is -3.23. The van der Waals surface area contributed by atoms with Crippen molar-refractivity contribution in [3.05, 3.63) is 35.6 Å². The first-order valence-corrected chi connectivity index (χ1v) is 7.76. The molecule has 1 amide bonds. The lowest BCUT2D eigenvalue weighted by atomic mass is 10.2. The van der Waals surface area contributed by atoms with Gasteiger partial charge in [0.2, 0.25) is 0 Å². The van der Waals surface area contributed by atoms with Gasteiger partial charge in [-0.3, -0.25) is 4.79 Å². The summed E-state index contributed by atoms with van der Waals surface area (Å²) < 4.78 is 11.8. The average molecular weight is 343 g/mol. The lowest BCUT2D eigenvalue weighted by molar-refractivity contribution is -0.123. The zero-order valence-corrected chi connectivity index (χ0v) is 14.0. The fourth-order valence-corrected chi connectivity index (χ4v) is 2.27. The molecule has 0 spiro atoms. The highest BCUT2D eigenvalue weighted by Crippen LogP contribution is 2.15. The van der Waals surface area contributed by atoms with Crippen molar-refractivity contribution in [3.63, 3.8) is 0 Å². The number of aromatic nitrogens is 4. The van der Waals surface area contributed by atoms with Gasteiger partial charge in [0.05, 0.1) is 11.1 Å². The van der Waals surface area contributed by atoms with E-state index in [1.54, 1.807) is 35.9 Å². The topological polar surface area (TPSA) is 112 Å². The molecule has 3 rings (SSSR count). The summed E-state index contributed by atoms with van der Waals surface area (Å²) in [5, 5.41) is 14.2. The Morgan fingerprint density at radius 2 is 2.16 bits per heavy atom. The third kappa shape index (κ3) is 3.49. The van der Waals surface area contributed by atoms with Gasteiger partial charge in [-0.05, 0) is 39.0 Å². The van der Waals surface area contributed by atoms with Crippen LogP contribution >= 0.6 is 0 Å². The molecule has 0 saturated heterocycles. The van der Waals surface area contributed by atoms with E-state index < -0.39 is 18.0 Å². The van der Waals surface area contributed by atoms with Crippen LogP contribution in [0.15, 0.2) is 28.8 Å². The number of benzene rings is 1. The maximum atomic E-state index is 12.2. The monoisotopic (exact) mass is 343 g/mol. The Labute approximate surface area is 142 Å². The molecule has 1 N–H and O–H groups in total. The van der Waals surface area contributed by atoms with Crippen molar-refractivity contribution in [1.29, 1.82) is 0 Å². The van der Waals surface area contributed by atoms with Crippen LogP contribution in [-0.4, -0.2) is 38.1 Å². The maximum Gasteiger partial charge on any atom is 0.338 e. The van der Waals surface area contributed by atoms with Crippen LogP contribution in [0.4, 0.5) is 5.82 Å². The van der Waals surface area contributed by atoms with E-state index in [0.717, 1.165) is 5.52 Å². The second-order valence-electron chi connectivity index (χ2n) is 5.47. The van der Waals surface area contributed by atoms with E-state index in [4.69, 9.17) is 9.26 Å². The van der Waals surface area contributed by atoms with Gasteiger partial charge in [-0.2, -0.15) is 0 Å². The summed E-state index contributed by atoms with van der Waals surface area (Å²) in [5.41, 5.74) is 1.71. The number of carbonyl (C=O) groups is 2. The van der Waals surface area contributed by atoms with Crippen molar-refractivity contribution in [3.8, 4) is 0 Å². The van der Waals surface area contributed by atoms with E-state index in [2.05, 4.69) is 20.8 Å². The van der Waals surface area contributed by atoms with Crippen LogP contribution in [0.1, 0.15) is 30.0 Å². The third-order valence-corrected chi connectivity index (χ3v) is 3.58. The molecular weight excluding hydrogens is 326 g/mol. The number of fused-ring (bicyclic) bond motifs is 1.